The largest absolute Gasteiger partial charge is 0.338 e. The number of sulfonamides is 1. The summed E-state index contributed by atoms with van der Waals surface area (Å²) in [7, 11) is -3.22. The summed E-state index contributed by atoms with van der Waals surface area (Å²) < 4.78 is 25.1. The molecule has 164 valence electrons. The fourth-order valence-electron chi connectivity index (χ4n) is 5.72. The Kier molecular flexibility index (Phi) is 5.26. The van der Waals surface area contributed by atoms with Crippen LogP contribution in [0.1, 0.15) is 46.9 Å². The molecule has 0 radical (unpaired) electrons. The lowest BCUT2D eigenvalue weighted by Crippen LogP contribution is -2.46. The number of nitrogens with zero attached hydrogens (tertiary/aromatic N) is 2. The van der Waals surface area contributed by atoms with E-state index in [0.29, 0.717) is 56.9 Å². The minimum atomic E-state index is -3.22. The normalized spacial score (nSPS) is 25.5. The van der Waals surface area contributed by atoms with Crippen molar-refractivity contribution < 1.29 is 13.2 Å². The molecule has 4 aliphatic rings. The number of fused-ring (bicyclic) bond motifs is 1. The smallest absolute Gasteiger partial charge is 0.317 e. The maximum atomic E-state index is 12.9. The first-order chi connectivity index (χ1) is 14.9. The third-order valence-electron chi connectivity index (χ3n) is 7.15. The van der Waals surface area contributed by atoms with Gasteiger partial charge in [0.05, 0.1) is 6.26 Å². The fourth-order valence-corrected chi connectivity index (χ4v) is 6.59. The number of hydrogen-bond acceptors (Lipinski definition) is 3. The quantitative estimate of drug-likeness (QED) is 0.799. The van der Waals surface area contributed by atoms with Crippen molar-refractivity contribution in [3.63, 3.8) is 0 Å². The van der Waals surface area contributed by atoms with Crippen molar-refractivity contribution in [3.8, 4) is 0 Å². The number of urea groups is 1. The Bertz CT molecular complexity index is 1050. The number of benzene rings is 2. The van der Waals surface area contributed by atoms with E-state index in [2.05, 4.69) is 53.8 Å². The first-order valence-corrected chi connectivity index (χ1v) is 12.9. The van der Waals surface area contributed by atoms with Gasteiger partial charge in [-0.15, -0.1) is 0 Å². The second-order valence-corrected chi connectivity index (χ2v) is 11.0. The third-order valence-corrected chi connectivity index (χ3v) is 8.45. The molecular formula is C24H29N3O3S. The van der Waals surface area contributed by atoms with E-state index in [4.69, 9.17) is 0 Å². The van der Waals surface area contributed by atoms with E-state index in [1.54, 1.807) is 4.90 Å². The SMILES string of the molecule is CS(=O)(=O)N1CCCN(C(=O)NCC2CC3c4ccccc4C2c2ccccc23)CC1. The Morgan fingerprint density at radius 3 is 2.16 bits per heavy atom. The Hall–Kier alpha value is -2.38. The average molecular weight is 440 g/mol. The highest BCUT2D eigenvalue weighted by Gasteiger charge is 2.43. The molecule has 1 N–H and O–H groups in total. The van der Waals surface area contributed by atoms with Crippen molar-refractivity contribution in [2.24, 2.45) is 5.92 Å². The highest BCUT2D eigenvalue weighted by Crippen LogP contribution is 2.55. The molecule has 2 aromatic rings. The molecule has 3 aliphatic carbocycles. The topological polar surface area (TPSA) is 69.7 Å². The molecule has 7 heteroatoms. The number of rotatable bonds is 3. The molecule has 1 aliphatic heterocycles. The van der Waals surface area contributed by atoms with Crippen LogP contribution in [0.3, 0.4) is 0 Å². The van der Waals surface area contributed by atoms with Crippen LogP contribution in [0.4, 0.5) is 4.79 Å². The fraction of sp³-hybridized carbons (Fsp3) is 0.458. The molecule has 0 spiro atoms. The van der Waals surface area contributed by atoms with Crippen LogP contribution < -0.4 is 5.32 Å². The van der Waals surface area contributed by atoms with Crippen molar-refractivity contribution in [2.45, 2.75) is 24.7 Å². The van der Waals surface area contributed by atoms with Gasteiger partial charge in [0.2, 0.25) is 10.0 Å². The lowest BCUT2D eigenvalue weighted by atomic mass is 9.59. The zero-order valence-corrected chi connectivity index (χ0v) is 18.6. The van der Waals surface area contributed by atoms with Gasteiger partial charge in [0.15, 0.2) is 0 Å². The molecule has 0 aromatic heterocycles. The van der Waals surface area contributed by atoms with Crippen LogP contribution in [0.15, 0.2) is 48.5 Å². The van der Waals surface area contributed by atoms with Gasteiger partial charge in [0.1, 0.15) is 0 Å². The summed E-state index contributed by atoms with van der Waals surface area (Å²) in [4.78, 5) is 14.7. The van der Waals surface area contributed by atoms with Gasteiger partial charge in [-0.05, 0) is 41.0 Å². The first kappa shape index (κ1) is 20.5. The van der Waals surface area contributed by atoms with Crippen LogP contribution in [0, 0.1) is 5.92 Å². The van der Waals surface area contributed by atoms with Gasteiger partial charge in [-0.1, -0.05) is 48.5 Å². The first-order valence-electron chi connectivity index (χ1n) is 11.1. The second kappa shape index (κ2) is 7.95. The van der Waals surface area contributed by atoms with Crippen LogP contribution in [-0.4, -0.2) is 62.6 Å². The van der Waals surface area contributed by atoms with Gasteiger partial charge in [-0.25, -0.2) is 17.5 Å². The molecule has 2 amide bonds. The van der Waals surface area contributed by atoms with Crippen LogP contribution in [0.2, 0.25) is 0 Å². The molecular weight excluding hydrogens is 410 g/mol. The molecule has 1 saturated heterocycles. The summed E-state index contributed by atoms with van der Waals surface area (Å²) in [6.45, 7) is 2.49. The van der Waals surface area contributed by atoms with E-state index in [0.717, 1.165) is 6.42 Å². The maximum absolute atomic E-state index is 12.9. The summed E-state index contributed by atoms with van der Waals surface area (Å²) in [5.74, 6) is 1.06. The summed E-state index contributed by atoms with van der Waals surface area (Å²) in [6, 6.07) is 17.4. The van der Waals surface area contributed by atoms with E-state index in [1.165, 1.54) is 32.8 Å². The molecule has 0 saturated carbocycles. The highest BCUT2D eigenvalue weighted by atomic mass is 32.2. The van der Waals surface area contributed by atoms with Crippen LogP contribution in [-0.2, 0) is 10.0 Å². The van der Waals surface area contributed by atoms with E-state index in [1.807, 2.05) is 0 Å². The lowest BCUT2D eigenvalue weighted by Gasteiger charge is -2.45. The van der Waals surface area contributed by atoms with E-state index < -0.39 is 10.0 Å². The van der Waals surface area contributed by atoms with Crippen LogP contribution in [0.25, 0.3) is 0 Å². The molecule has 2 aromatic carbocycles. The summed E-state index contributed by atoms with van der Waals surface area (Å²) in [5, 5.41) is 3.17. The van der Waals surface area contributed by atoms with Crippen molar-refractivity contribution in [3.05, 3.63) is 70.8 Å². The summed E-state index contributed by atoms with van der Waals surface area (Å²) in [5.41, 5.74) is 5.66. The summed E-state index contributed by atoms with van der Waals surface area (Å²) >= 11 is 0. The Labute approximate surface area is 184 Å². The average Bonchev–Trinajstić information content (AvgIpc) is 3.04. The molecule has 6 nitrogen and oxygen atoms in total. The third kappa shape index (κ3) is 3.74. The Morgan fingerprint density at radius 1 is 0.935 bits per heavy atom. The molecule has 31 heavy (non-hydrogen) atoms. The molecule has 2 bridgehead atoms. The van der Waals surface area contributed by atoms with Gasteiger partial charge in [-0.3, -0.25) is 0 Å². The van der Waals surface area contributed by atoms with Crippen molar-refractivity contribution in [1.29, 1.82) is 0 Å². The van der Waals surface area contributed by atoms with Crippen molar-refractivity contribution >= 4 is 16.1 Å². The standard InChI is InChI=1S/C24H29N3O3S/c1-31(29,30)27-12-6-11-26(13-14-27)24(28)25-16-17-15-22-18-7-2-4-9-20(18)23(17)21-10-5-3-8-19(21)22/h2-5,7-10,17,22-23H,6,11-16H2,1H3,(H,25,28). The van der Waals surface area contributed by atoms with Crippen LogP contribution >= 0.6 is 0 Å². The van der Waals surface area contributed by atoms with Gasteiger partial charge < -0.3 is 10.2 Å². The van der Waals surface area contributed by atoms with E-state index in [9.17, 15) is 13.2 Å². The predicted octanol–water partition coefficient (Wildman–Crippen LogP) is 2.96. The number of nitrogens with one attached hydrogen (secondary N) is 1. The molecule has 1 unspecified atom stereocenters. The van der Waals surface area contributed by atoms with Crippen molar-refractivity contribution in [1.82, 2.24) is 14.5 Å². The number of carbonyl (C=O) groups excluding carboxylic acids is 1. The van der Waals surface area contributed by atoms with Gasteiger partial charge >= 0.3 is 6.03 Å². The molecule has 1 atom stereocenters. The van der Waals surface area contributed by atoms with Gasteiger partial charge in [0.25, 0.3) is 0 Å². The number of carbonyl (C=O) groups is 1. The highest BCUT2D eigenvalue weighted by molar-refractivity contribution is 7.88. The minimum absolute atomic E-state index is 0.0848. The zero-order chi connectivity index (χ0) is 21.6. The Balaban J connectivity index is 1.29. The summed E-state index contributed by atoms with van der Waals surface area (Å²) in [6.07, 6.45) is 2.94. The zero-order valence-electron chi connectivity index (χ0n) is 17.8. The monoisotopic (exact) mass is 439 g/mol. The van der Waals surface area contributed by atoms with Gasteiger partial charge in [0, 0.05) is 44.6 Å². The Morgan fingerprint density at radius 2 is 1.55 bits per heavy atom. The predicted molar refractivity (Wildman–Crippen MR) is 121 cm³/mol. The molecule has 6 rings (SSSR count). The minimum Gasteiger partial charge on any atom is -0.338 e. The number of hydrogen-bond donors (Lipinski definition) is 1. The molecule has 1 fully saturated rings. The van der Waals surface area contributed by atoms with Crippen molar-refractivity contribution in [2.75, 3.05) is 39.0 Å². The number of amides is 2. The van der Waals surface area contributed by atoms with E-state index >= 15 is 0 Å². The second-order valence-electron chi connectivity index (χ2n) is 8.97. The van der Waals surface area contributed by atoms with Gasteiger partial charge in [-0.2, -0.15) is 0 Å². The maximum Gasteiger partial charge on any atom is 0.317 e. The van der Waals surface area contributed by atoms with Crippen LogP contribution in [0.5, 0.6) is 0 Å². The van der Waals surface area contributed by atoms with E-state index in [-0.39, 0.29) is 6.03 Å². The lowest BCUT2D eigenvalue weighted by molar-refractivity contribution is 0.196. The molecule has 1 heterocycles.